The van der Waals surface area contributed by atoms with Gasteiger partial charge in [-0.3, -0.25) is 0 Å². The highest BCUT2D eigenvalue weighted by Gasteiger charge is 2.13. The standard InChI is InChI=1S/C15H18FN3/c1-10-7-11(2)18-15(14(10)9-17)19(3)13-6-4-5-12(16)8-13/h4-8H,9,17H2,1-3H3. The minimum atomic E-state index is -0.261. The first kappa shape index (κ1) is 13.5. The highest BCUT2D eigenvalue weighted by atomic mass is 19.1. The summed E-state index contributed by atoms with van der Waals surface area (Å²) in [5.41, 5.74) is 9.58. The molecule has 1 heterocycles. The van der Waals surface area contributed by atoms with Crippen molar-refractivity contribution in [2.45, 2.75) is 20.4 Å². The molecule has 4 heteroatoms. The molecular formula is C15H18FN3. The van der Waals surface area contributed by atoms with Crippen molar-refractivity contribution in [1.29, 1.82) is 0 Å². The molecule has 19 heavy (non-hydrogen) atoms. The molecule has 0 spiro atoms. The predicted octanol–water partition coefficient (Wildman–Crippen LogP) is 3.06. The van der Waals surface area contributed by atoms with Gasteiger partial charge in [-0.05, 0) is 43.7 Å². The van der Waals surface area contributed by atoms with Crippen molar-refractivity contribution >= 4 is 11.5 Å². The summed E-state index contributed by atoms with van der Waals surface area (Å²) >= 11 is 0. The van der Waals surface area contributed by atoms with Crippen molar-refractivity contribution in [3.8, 4) is 0 Å². The van der Waals surface area contributed by atoms with Crippen LogP contribution in [0.4, 0.5) is 15.9 Å². The molecule has 0 aliphatic heterocycles. The Morgan fingerprint density at radius 3 is 2.63 bits per heavy atom. The summed E-state index contributed by atoms with van der Waals surface area (Å²) in [6.07, 6.45) is 0. The molecule has 2 rings (SSSR count). The van der Waals surface area contributed by atoms with E-state index >= 15 is 0 Å². The molecular weight excluding hydrogens is 241 g/mol. The van der Waals surface area contributed by atoms with E-state index in [1.54, 1.807) is 6.07 Å². The second-order valence-corrected chi connectivity index (χ2v) is 4.63. The van der Waals surface area contributed by atoms with Gasteiger partial charge in [0.2, 0.25) is 0 Å². The summed E-state index contributed by atoms with van der Waals surface area (Å²) < 4.78 is 13.3. The lowest BCUT2D eigenvalue weighted by molar-refractivity contribution is 0.628. The topological polar surface area (TPSA) is 42.1 Å². The SMILES string of the molecule is Cc1cc(C)c(CN)c(N(C)c2cccc(F)c2)n1. The number of benzene rings is 1. The Balaban J connectivity index is 2.52. The molecule has 0 fully saturated rings. The van der Waals surface area contributed by atoms with Gasteiger partial charge in [0.1, 0.15) is 11.6 Å². The van der Waals surface area contributed by atoms with Crippen molar-refractivity contribution in [3.63, 3.8) is 0 Å². The quantitative estimate of drug-likeness (QED) is 0.921. The lowest BCUT2D eigenvalue weighted by Gasteiger charge is -2.22. The van der Waals surface area contributed by atoms with Gasteiger partial charge in [-0.1, -0.05) is 6.07 Å². The van der Waals surface area contributed by atoms with Crippen molar-refractivity contribution < 1.29 is 4.39 Å². The Bertz CT molecular complexity index is 596. The molecule has 0 unspecified atom stereocenters. The van der Waals surface area contributed by atoms with Crippen molar-refractivity contribution in [3.05, 3.63) is 53.0 Å². The van der Waals surface area contributed by atoms with E-state index in [1.807, 2.05) is 37.9 Å². The van der Waals surface area contributed by atoms with E-state index in [-0.39, 0.29) is 5.82 Å². The van der Waals surface area contributed by atoms with Crippen LogP contribution in [0.1, 0.15) is 16.8 Å². The van der Waals surface area contributed by atoms with Crippen LogP contribution in [0, 0.1) is 19.7 Å². The van der Waals surface area contributed by atoms with Crippen LogP contribution in [0.3, 0.4) is 0 Å². The monoisotopic (exact) mass is 259 g/mol. The van der Waals surface area contributed by atoms with Gasteiger partial charge in [-0.2, -0.15) is 0 Å². The van der Waals surface area contributed by atoms with Crippen LogP contribution in [-0.2, 0) is 6.54 Å². The third kappa shape index (κ3) is 2.74. The van der Waals surface area contributed by atoms with Crippen molar-refractivity contribution in [2.24, 2.45) is 5.73 Å². The first-order valence-electron chi connectivity index (χ1n) is 6.19. The first-order chi connectivity index (χ1) is 9.02. The maximum atomic E-state index is 13.3. The molecule has 0 aliphatic rings. The Hall–Kier alpha value is -1.94. The average molecular weight is 259 g/mol. The lowest BCUT2D eigenvalue weighted by atomic mass is 10.1. The van der Waals surface area contributed by atoms with E-state index in [0.29, 0.717) is 6.54 Å². The Morgan fingerprint density at radius 1 is 1.26 bits per heavy atom. The molecule has 0 saturated heterocycles. The number of nitrogens with two attached hydrogens (primary N) is 1. The summed E-state index contributed by atoms with van der Waals surface area (Å²) in [6.45, 7) is 4.37. The number of halogens is 1. The number of aryl methyl sites for hydroxylation is 2. The minimum Gasteiger partial charge on any atom is -0.329 e. The van der Waals surface area contributed by atoms with Crippen LogP contribution in [-0.4, -0.2) is 12.0 Å². The highest BCUT2D eigenvalue weighted by Crippen LogP contribution is 2.27. The summed E-state index contributed by atoms with van der Waals surface area (Å²) in [5.74, 6) is 0.522. The van der Waals surface area contributed by atoms with E-state index in [4.69, 9.17) is 5.73 Å². The fourth-order valence-electron chi connectivity index (χ4n) is 2.18. The summed E-state index contributed by atoms with van der Waals surface area (Å²) in [7, 11) is 1.87. The molecule has 0 radical (unpaired) electrons. The van der Waals surface area contributed by atoms with Gasteiger partial charge in [0.15, 0.2) is 0 Å². The van der Waals surface area contributed by atoms with Crippen LogP contribution < -0.4 is 10.6 Å². The third-order valence-corrected chi connectivity index (χ3v) is 3.17. The summed E-state index contributed by atoms with van der Waals surface area (Å²) in [4.78, 5) is 6.40. The fraction of sp³-hybridized carbons (Fsp3) is 0.267. The molecule has 2 N–H and O–H groups in total. The van der Waals surface area contributed by atoms with E-state index < -0.39 is 0 Å². The number of hydrogen-bond acceptors (Lipinski definition) is 3. The smallest absolute Gasteiger partial charge is 0.137 e. The first-order valence-corrected chi connectivity index (χ1v) is 6.19. The van der Waals surface area contributed by atoms with Gasteiger partial charge < -0.3 is 10.6 Å². The number of rotatable bonds is 3. The van der Waals surface area contributed by atoms with Gasteiger partial charge in [-0.15, -0.1) is 0 Å². The zero-order chi connectivity index (χ0) is 14.0. The zero-order valence-corrected chi connectivity index (χ0v) is 11.4. The van der Waals surface area contributed by atoms with E-state index in [1.165, 1.54) is 12.1 Å². The third-order valence-electron chi connectivity index (χ3n) is 3.17. The van der Waals surface area contributed by atoms with Crippen molar-refractivity contribution in [2.75, 3.05) is 11.9 Å². The number of anilines is 2. The van der Waals surface area contributed by atoms with Crippen LogP contribution in [0.15, 0.2) is 30.3 Å². The predicted molar refractivity (Wildman–Crippen MR) is 76.1 cm³/mol. The van der Waals surface area contributed by atoms with Crippen LogP contribution >= 0.6 is 0 Å². The van der Waals surface area contributed by atoms with E-state index in [0.717, 1.165) is 28.3 Å². The Kier molecular flexibility index (Phi) is 3.81. The summed E-state index contributed by atoms with van der Waals surface area (Å²) in [5, 5.41) is 0. The molecule has 0 saturated carbocycles. The van der Waals surface area contributed by atoms with Crippen LogP contribution in [0.5, 0.6) is 0 Å². The lowest BCUT2D eigenvalue weighted by Crippen LogP contribution is -2.17. The average Bonchev–Trinajstić information content (AvgIpc) is 2.37. The Labute approximate surface area is 112 Å². The normalized spacial score (nSPS) is 10.6. The Morgan fingerprint density at radius 2 is 2.00 bits per heavy atom. The minimum absolute atomic E-state index is 0.261. The van der Waals surface area contributed by atoms with Crippen molar-refractivity contribution in [1.82, 2.24) is 4.98 Å². The number of aromatic nitrogens is 1. The van der Waals surface area contributed by atoms with Gasteiger partial charge >= 0.3 is 0 Å². The molecule has 2 aromatic rings. The molecule has 0 bridgehead atoms. The second-order valence-electron chi connectivity index (χ2n) is 4.63. The zero-order valence-electron chi connectivity index (χ0n) is 11.4. The van der Waals surface area contributed by atoms with Gasteiger partial charge in [0.25, 0.3) is 0 Å². The molecule has 0 amide bonds. The number of hydrogen-bond donors (Lipinski definition) is 1. The van der Waals surface area contributed by atoms with E-state index in [2.05, 4.69) is 4.98 Å². The van der Waals surface area contributed by atoms with Gasteiger partial charge in [0, 0.05) is 30.5 Å². The molecule has 0 aliphatic carbocycles. The fourth-order valence-corrected chi connectivity index (χ4v) is 2.18. The van der Waals surface area contributed by atoms with E-state index in [9.17, 15) is 4.39 Å². The molecule has 3 nitrogen and oxygen atoms in total. The maximum absolute atomic E-state index is 13.3. The number of pyridine rings is 1. The maximum Gasteiger partial charge on any atom is 0.137 e. The number of nitrogens with zero attached hydrogens (tertiary/aromatic N) is 2. The molecule has 1 aromatic heterocycles. The van der Waals surface area contributed by atoms with Gasteiger partial charge in [-0.25, -0.2) is 9.37 Å². The molecule has 1 aromatic carbocycles. The molecule has 0 atom stereocenters. The van der Waals surface area contributed by atoms with Crippen LogP contribution in [0.25, 0.3) is 0 Å². The highest BCUT2D eigenvalue weighted by molar-refractivity contribution is 5.63. The largest absolute Gasteiger partial charge is 0.329 e. The second kappa shape index (κ2) is 5.36. The molecule has 100 valence electrons. The van der Waals surface area contributed by atoms with Crippen LogP contribution in [0.2, 0.25) is 0 Å². The van der Waals surface area contributed by atoms with Gasteiger partial charge in [0.05, 0.1) is 0 Å². The summed E-state index contributed by atoms with van der Waals surface area (Å²) in [6, 6.07) is 8.45.